The Labute approximate surface area is 124 Å². The predicted molar refractivity (Wildman–Crippen MR) is 84.7 cm³/mol. The van der Waals surface area contributed by atoms with Crippen LogP contribution in [0.3, 0.4) is 0 Å². The molecular formula is C16H20N4O. The molecule has 1 aromatic carbocycles. The molecule has 0 atom stereocenters. The number of rotatable bonds is 3. The Hall–Kier alpha value is -2.43. The van der Waals surface area contributed by atoms with Crippen molar-refractivity contribution in [3.63, 3.8) is 0 Å². The molecule has 0 aliphatic heterocycles. The van der Waals surface area contributed by atoms with Gasteiger partial charge in [0.05, 0.1) is 12.4 Å². The van der Waals surface area contributed by atoms with Crippen LogP contribution in [0.2, 0.25) is 0 Å². The Morgan fingerprint density at radius 1 is 1.05 bits per heavy atom. The standard InChI is InChI=1S/C16H20N4O/c1-16(2,3)11-5-7-12(8-6-11)20-15(21)13-9-19-14(17-4)10-18-13/h5-10H,1-4H3,(H,17,19)(H,20,21). The van der Waals surface area contributed by atoms with Crippen molar-refractivity contribution < 1.29 is 4.79 Å². The van der Waals surface area contributed by atoms with Crippen molar-refractivity contribution in [1.82, 2.24) is 9.97 Å². The minimum Gasteiger partial charge on any atom is -0.372 e. The van der Waals surface area contributed by atoms with E-state index in [2.05, 4.69) is 41.4 Å². The lowest BCUT2D eigenvalue weighted by Gasteiger charge is -2.19. The van der Waals surface area contributed by atoms with Gasteiger partial charge in [0.15, 0.2) is 0 Å². The molecule has 0 radical (unpaired) electrons. The molecule has 0 saturated heterocycles. The highest BCUT2D eigenvalue weighted by molar-refractivity contribution is 6.02. The molecule has 1 aromatic heterocycles. The van der Waals surface area contributed by atoms with Gasteiger partial charge in [-0.05, 0) is 23.1 Å². The maximum atomic E-state index is 12.1. The topological polar surface area (TPSA) is 66.9 Å². The smallest absolute Gasteiger partial charge is 0.275 e. The van der Waals surface area contributed by atoms with E-state index < -0.39 is 0 Å². The molecular weight excluding hydrogens is 264 g/mol. The summed E-state index contributed by atoms with van der Waals surface area (Å²) in [4.78, 5) is 20.2. The fourth-order valence-electron chi connectivity index (χ4n) is 1.82. The molecule has 110 valence electrons. The van der Waals surface area contributed by atoms with Crippen LogP contribution in [-0.2, 0) is 5.41 Å². The summed E-state index contributed by atoms with van der Waals surface area (Å²) in [6.45, 7) is 6.46. The van der Waals surface area contributed by atoms with Crippen LogP contribution in [0, 0.1) is 0 Å². The van der Waals surface area contributed by atoms with Gasteiger partial charge in [0.2, 0.25) is 0 Å². The number of nitrogens with one attached hydrogen (secondary N) is 2. The molecule has 1 heterocycles. The molecule has 0 bridgehead atoms. The third-order valence-electron chi connectivity index (χ3n) is 3.15. The number of hydrogen-bond acceptors (Lipinski definition) is 4. The van der Waals surface area contributed by atoms with Crippen LogP contribution in [0.5, 0.6) is 0 Å². The van der Waals surface area contributed by atoms with Gasteiger partial charge in [0.25, 0.3) is 5.91 Å². The third kappa shape index (κ3) is 3.78. The highest BCUT2D eigenvalue weighted by Gasteiger charge is 2.13. The number of anilines is 2. The highest BCUT2D eigenvalue weighted by Crippen LogP contribution is 2.23. The van der Waals surface area contributed by atoms with E-state index in [1.54, 1.807) is 7.05 Å². The van der Waals surface area contributed by atoms with Crippen LogP contribution in [-0.4, -0.2) is 22.9 Å². The van der Waals surface area contributed by atoms with E-state index in [1.165, 1.54) is 18.0 Å². The number of aromatic nitrogens is 2. The first kappa shape index (κ1) is 15.0. The van der Waals surface area contributed by atoms with Gasteiger partial charge in [-0.1, -0.05) is 32.9 Å². The Balaban J connectivity index is 2.08. The molecule has 0 spiro atoms. The molecule has 0 saturated carbocycles. The second kappa shape index (κ2) is 5.91. The van der Waals surface area contributed by atoms with E-state index in [-0.39, 0.29) is 17.0 Å². The Bertz CT molecular complexity index is 612. The lowest BCUT2D eigenvalue weighted by Crippen LogP contribution is -2.15. The zero-order chi connectivity index (χ0) is 15.5. The van der Waals surface area contributed by atoms with Crippen molar-refractivity contribution in [2.24, 2.45) is 0 Å². The van der Waals surface area contributed by atoms with Crippen molar-refractivity contribution in [2.45, 2.75) is 26.2 Å². The summed E-state index contributed by atoms with van der Waals surface area (Å²) in [7, 11) is 1.75. The molecule has 0 aliphatic carbocycles. The van der Waals surface area contributed by atoms with E-state index in [1.807, 2.05) is 24.3 Å². The van der Waals surface area contributed by atoms with Crippen molar-refractivity contribution in [1.29, 1.82) is 0 Å². The first-order valence-corrected chi connectivity index (χ1v) is 6.82. The van der Waals surface area contributed by atoms with Crippen LogP contribution < -0.4 is 10.6 Å². The minimum absolute atomic E-state index is 0.0942. The number of carbonyl (C=O) groups excluding carboxylic acids is 1. The maximum absolute atomic E-state index is 12.1. The Morgan fingerprint density at radius 2 is 1.71 bits per heavy atom. The van der Waals surface area contributed by atoms with E-state index in [0.717, 1.165) is 5.69 Å². The number of benzene rings is 1. The first-order valence-electron chi connectivity index (χ1n) is 6.82. The van der Waals surface area contributed by atoms with Gasteiger partial charge in [0, 0.05) is 12.7 Å². The summed E-state index contributed by atoms with van der Waals surface area (Å²) in [5.74, 6) is 0.356. The highest BCUT2D eigenvalue weighted by atomic mass is 16.1. The molecule has 5 heteroatoms. The number of hydrogen-bond donors (Lipinski definition) is 2. The van der Waals surface area contributed by atoms with E-state index in [9.17, 15) is 4.79 Å². The number of carbonyl (C=O) groups is 1. The second-order valence-corrected chi connectivity index (χ2v) is 5.82. The Morgan fingerprint density at radius 3 is 2.19 bits per heavy atom. The largest absolute Gasteiger partial charge is 0.372 e. The van der Waals surface area contributed by atoms with Gasteiger partial charge in [-0.2, -0.15) is 0 Å². The second-order valence-electron chi connectivity index (χ2n) is 5.82. The maximum Gasteiger partial charge on any atom is 0.275 e. The summed E-state index contributed by atoms with van der Waals surface area (Å²) < 4.78 is 0. The van der Waals surface area contributed by atoms with Crippen LogP contribution in [0.25, 0.3) is 0 Å². The minimum atomic E-state index is -0.270. The van der Waals surface area contributed by atoms with Crippen LogP contribution in [0.1, 0.15) is 36.8 Å². The third-order valence-corrected chi connectivity index (χ3v) is 3.15. The summed E-state index contributed by atoms with van der Waals surface area (Å²) in [5, 5.41) is 5.67. The lowest BCUT2D eigenvalue weighted by atomic mass is 9.87. The predicted octanol–water partition coefficient (Wildman–Crippen LogP) is 3.07. The molecule has 0 unspecified atom stereocenters. The van der Waals surface area contributed by atoms with Crippen molar-refractivity contribution in [3.05, 3.63) is 47.9 Å². The molecule has 5 nitrogen and oxygen atoms in total. The van der Waals surface area contributed by atoms with E-state index >= 15 is 0 Å². The number of amides is 1. The molecule has 2 N–H and O–H groups in total. The lowest BCUT2D eigenvalue weighted by molar-refractivity contribution is 0.102. The molecule has 0 aliphatic rings. The quantitative estimate of drug-likeness (QED) is 0.909. The molecule has 21 heavy (non-hydrogen) atoms. The van der Waals surface area contributed by atoms with Gasteiger partial charge in [-0.3, -0.25) is 4.79 Å². The zero-order valence-electron chi connectivity index (χ0n) is 12.8. The molecule has 0 fully saturated rings. The van der Waals surface area contributed by atoms with Crippen LogP contribution in [0.4, 0.5) is 11.5 Å². The van der Waals surface area contributed by atoms with Crippen LogP contribution in [0.15, 0.2) is 36.7 Å². The van der Waals surface area contributed by atoms with Crippen molar-refractivity contribution in [2.75, 3.05) is 17.7 Å². The van der Waals surface area contributed by atoms with Gasteiger partial charge in [-0.25, -0.2) is 9.97 Å². The summed E-state index contributed by atoms with van der Waals surface area (Å²) in [6.07, 6.45) is 2.97. The fourth-order valence-corrected chi connectivity index (χ4v) is 1.82. The van der Waals surface area contributed by atoms with Gasteiger partial charge < -0.3 is 10.6 Å². The average molecular weight is 284 g/mol. The van der Waals surface area contributed by atoms with Gasteiger partial charge in [0.1, 0.15) is 11.5 Å². The van der Waals surface area contributed by atoms with Gasteiger partial charge >= 0.3 is 0 Å². The average Bonchev–Trinajstić information content (AvgIpc) is 2.47. The SMILES string of the molecule is CNc1cnc(C(=O)Nc2ccc(C(C)(C)C)cc2)cn1. The van der Waals surface area contributed by atoms with E-state index in [4.69, 9.17) is 0 Å². The molecule has 2 aromatic rings. The normalized spacial score (nSPS) is 11.0. The monoisotopic (exact) mass is 284 g/mol. The number of nitrogens with zero attached hydrogens (tertiary/aromatic N) is 2. The summed E-state index contributed by atoms with van der Waals surface area (Å²) in [5.41, 5.74) is 2.34. The first-order chi connectivity index (χ1) is 9.90. The van der Waals surface area contributed by atoms with E-state index in [0.29, 0.717) is 5.82 Å². The van der Waals surface area contributed by atoms with Crippen molar-refractivity contribution >= 4 is 17.4 Å². The molecule has 1 amide bonds. The van der Waals surface area contributed by atoms with Crippen LogP contribution >= 0.6 is 0 Å². The Kier molecular flexibility index (Phi) is 4.21. The summed E-state index contributed by atoms with van der Waals surface area (Å²) >= 11 is 0. The van der Waals surface area contributed by atoms with Gasteiger partial charge in [-0.15, -0.1) is 0 Å². The fraction of sp³-hybridized carbons (Fsp3) is 0.312. The molecule has 2 rings (SSSR count). The van der Waals surface area contributed by atoms with Crippen molar-refractivity contribution in [3.8, 4) is 0 Å². The summed E-state index contributed by atoms with van der Waals surface area (Å²) in [6, 6.07) is 7.83. The zero-order valence-corrected chi connectivity index (χ0v) is 12.8.